The van der Waals surface area contributed by atoms with Gasteiger partial charge in [0.2, 0.25) is 0 Å². The van der Waals surface area contributed by atoms with Crippen molar-refractivity contribution in [3.8, 4) is 0 Å². The molecule has 1 saturated carbocycles. The molecular formula is C13H20N2O2S. The molecule has 4 nitrogen and oxygen atoms in total. The fourth-order valence-electron chi connectivity index (χ4n) is 1.99. The molecule has 0 radical (unpaired) electrons. The third-order valence-corrected chi connectivity index (χ3v) is 4.38. The Kier molecular flexibility index (Phi) is 3.71. The number of thioether (sulfide) groups is 1. The molecule has 1 fully saturated rings. The highest BCUT2D eigenvalue weighted by Crippen LogP contribution is 2.47. The lowest BCUT2D eigenvalue weighted by Gasteiger charge is -2.17. The molecule has 1 aromatic rings. The molecule has 1 aromatic heterocycles. The fraction of sp³-hybridized carbons (Fsp3) is 0.692. The van der Waals surface area contributed by atoms with Crippen LogP contribution in [0.2, 0.25) is 0 Å². The minimum atomic E-state index is -0.793. The van der Waals surface area contributed by atoms with Crippen LogP contribution in [-0.2, 0) is 11.3 Å². The van der Waals surface area contributed by atoms with Crippen molar-refractivity contribution in [1.29, 1.82) is 0 Å². The maximum atomic E-state index is 10.7. The van der Waals surface area contributed by atoms with Gasteiger partial charge in [-0.2, -0.15) is 0 Å². The number of imidazole rings is 1. The van der Waals surface area contributed by atoms with Gasteiger partial charge in [-0.3, -0.25) is 4.79 Å². The highest BCUT2D eigenvalue weighted by molar-refractivity contribution is 7.99. The zero-order valence-electron chi connectivity index (χ0n) is 11.1. The lowest BCUT2D eigenvalue weighted by atomic mass is 10.1. The molecule has 0 saturated heterocycles. The summed E-state index contributed by atoms with van der Waals surface area (Å²) in [5.41, 5.74) is 1.60. The number of carbonyl (C=O) groups is 1. The van der Waals surface area contributed by atoms with Crippen molar-refractivity contribution in [3.63, 3.8) is 0 Å². The lowest BCUT2D eigenvalue weighted by Crippen LogP contribution is -2.13. The highest BCUT2D eigenvalue weighted by Gasteiger charge is 2.38. The van der Waals surface area contributed by atoms with Crippen molar-refractivity contribution < 1.29 is 9.90 Å². The molecule has 0 aliphatic heterocycles. The molecule has 0 aromatic carbocycles. The maximum absolute atomic E-state index is 10.7. The SMILES string of the molecule is CC(C)c1cnc(SCC(=O)O)n1CC1(C)CC1. The minimum absolute atomic E-state index is 0.0747. The molecular weight excluding hydrogens is 248 g/mol. The number of rotatable bonds is 6. The van der Waals surface area contributed by atoms with Gasteiger partial charge in [0.25, 0.3) is 0 Å². The van der Waals surface area contributed by atoms with E-state index in [1.54, 1.807) is 0 Å². The standard InChI is InChI=1S/C13H20N2O2S/c1-9(2)10-6-14-12(18-7-11(16)17)15(10)8-13(3)4-5-13/h6,9H,4-5,7-8H2,1-3H3,(H,16,17). The first-order chi connectivity index (χ1) is 8.41. The molecule has 1 N–H and O–H groups in total. The van der Waals surface area contributed by atoms with Crippen LogP contribution in [-0.4, -0.2) is 26.4 Å². The molecule has 18 heavy (non-hydrogen) atoms. The normalized spacial score (nSPS) is 17.1. The summed E-state index contributed by atoms with van der Waals surface area (Å²) in [6.45, 7) is 7.54. The second kappa shape index (κ2) is 4.96. The topological polar surface area (TPSA) is 55.1 Å². The Morgan fingerprint density at radius 2 is 2.28 bits per heavy atom. The third-order valence-electron chi connectivity index (χ3n) is 3.41. The van der Waals surface area contributed by atoms with E-state index in [2.05, 4.69) is 30.3 Å². The van der Waals surface area contributed by atoms with Crippen LogP contribution in [0.15, 0.2) is 11.4 Å². The summed E-state index contributed by atoms with van der Waals surface area (Å²) in [5.74, 6) is -0.303. The van der Waals surface area contributed by atoms with E-state index in [0.717, 1.165) is 11.7 Å². The van der Waals surface area contributed by atoms with Crippen LogP contribution in [0.4, 0.5) is 0 Å². The molecule has 100 valence electrons. The van der Waals surface area contributed by atoms with E-state index >= 15 is 0 Å². The smallest absolute Gasteiger partial charge is 0.313 e. The minimum Gasteiger partial charge on any atom is -0.481 e. The monoisotopic (exact) mass is 268 g/mol. The number of nitrogens with zero attached hydrogens (tertiary/aromatic N) is 2. The molecule has 1 aliphatic rings. The van der Waals surface area contributed by atoms with Gasteiger partial charge in [-0.05, 0) is 24.2 Å². The van der Waals surface area contributed by atoms with Gasteiger partial charge in [0.15, 0.2) is 5.16 Å². The Balaban J connectivity index is 2.19. The summed E-state index contributed by atoms with van der Waals surface area (Å²) in [6.07, 6.45) is 4.40. The Hall–Kier alpha value is -0.970. The van der Waals surface area contributed by atoms with Crippen LogP contribution in [0.5, 0.6) is 0 Å². The first-order valence-electron chi connectivity index (χ1n) is 6.31. The van der Waals surface area contributed by atoms with Gasteiger partial charge in [-0.25, -0.2) is 4.98 Å². The van der Waals surface area contributed by atoms with Crippen molar-refractivity contribution in [3.05, 3.63) is 11.9 Å². The Morgan fingerprint density at radius 3 is 2.78 bits per heavy atom. The molecule has 1 heterocycles. The van der Waals surface area contributed by atoms with Crippen LogP contribution < -0.4 is 0 Å². The van der Waals surface area contributed by atoms with E-state index < -0.39 is 5.97 Å². The molecule has 0 unspecified atom stereocenters. The van der Waals surface area contributed by atoms with Gasteiger partial charge in [-0.15, -0.1) is 0 Å². The quantitative estimate of drug-likeness (QED) is 0.806. The number of carboxylic acids is 1. The summed E-state index contributed by atoms with van der Waals surface area (Å²) in [7, 11) is 0. The third kappa shape index (κ3) is 3.07. The first kappa shape index (κ1) is 13.5. The number of carboxylic acid groups (broad SMARTS) is 1. The van der Waals surface area contributed by atoms with E-state index in [4.69, 9.17) is 5.11 Å². The molecule has 1 aliphatic carbocycles. The van der Waals surface area contributed by atoms with Gasteiger partial charge in [0, 0.05) is 18.4 Å². The van der Waals surface area contributed by atoms with Gasteiger partial charge in [0.1, 0.15) is 0 Å². The Morgan fingerprint density at radius 1 is 1.61 bits per heavy atom. The molecule has 0 spiro atoms. The van der Waals surface area contributed by atoms with Gasteiger partial charge < -0.3 is 9.67 Å². The van der Waals surface area contributed by atoms with E-state index in [0.29, 0.717) is 11.3 Å². The molecule has 2 rings (SSSR count). The van der Waals surface area contributed by atoms with Crippen molar-refractivity contribution in [2.45, 2.75) is 51.2 Å². The van der Waals surface area contributed by atoms with Crippen molar-refractivity contribution in [1.82, 2.24) is 9.55 Å². The van der Waals surface area contributed by atoms with Crippen molar-refractivity contribution in [2.75, 3.05) is 5.75 Å². The van der Waals surface area contributed by atoms with Gasteiger partial charge >= 0.3 is 5.97 Å². The van der Waals surface area contributed by atoms with Crippen LogP contribution in [0.25, 0.3) is 0 Å². The largest absolute Gasteiger partial charge is 0.481 e. The number of hydrogen-bond donors (Lipinski definition) is 1. The summed E-state index contributed by atoms with van der Waals surface area (Å²) in [5, 5.41) is 9.61. The highest BCUT2D eigenvalue weighted by atomic mass is 32.2. The van der Waals surface area contributed by atoms with Crippen molar-refractivity contribution in [2.24, 2.45) is 5.41 Å². The summed E-state index contributed by atoms with van der Waals surface area (Å²) in [4.78, 5) is 15.0. The Bertz CT molecular complexity index is 450. The van der Waals surface area contributed by atoms with Gasteiger partial charge in [-0.1, -0.05) is 32.5 Å². The lowest BCUT2D eigenvalue weighted by molar-refractivity contribution is -0.133. The molecule has 0 atom stereocenters. The number of aliphatic carboxylic acids is 1. The molecule has 0 amide bonds. The summed E-state index contributed by atoms with van der Waals surface area (Å²) < 4.78 is 2.21. The first-order valence-corrected chi connectivity index (χ1v) is 7.30. The zero-order chi connectivity index (χ0) is 13.3. The zero-order valence-corrected chi connectivity index (χ0v) is 12.0. The second-order valence-corrected chi connectivity index (χ2v) is 6.64. The van der Waals surface area contributed by atoms with Crippen molar-refractivity contribution >= 4 is 17.7 Å². The van der Waals surface area contributed by atoms with Gasteiger partial charge in [0.05, 0.1) is 5.75 Å². The number of hydrogen-bond acceptors (Lipinski definition) is 3. The van der Waals surface area contributed by atoms with Crippen LogP contribution >= 0.6 is 11.8 Å². The molecule has 5 heteroatoms. The second-order valence-electron chi connectivity index (χ2n) is 5.70. The van der Waals surface area contributed by atoms with Crippen LogP contribution in [0.3, 0.4) is 0 Å². The van der Waals surface area contributed by atoms with Crippen LogP contribution in [0.1, 0.15) is 45.2 Å². The Labute approximate surface area is 112 Å². The van der Waals surface area contributed by atoms with E-state index in [1.165, 1.54) is 30.3 Å². The predicted octanol–water partition coefficient (Wildman–Crippen LogP) is 2.98. The maximum Gasteiger partial charge on any atom is 0.313 e. The summed E-state index contributed by atoms with van der Waals surface area (Å²) in [6, 6.07) is 0. The van der Waals surface area contributed by atoms with E-state index in [1.807, 2.05) is 6.20 Å². The average molecular weight is 268 g/mol. The van der Waals surface area contributed by atoms with E-state index in [9.17, 15) is 4.79 Å². The number of aromatic nitrogens is 2. The fourth-order valence-corrected chi connectivity index (χ4v) is 2.69. The average Bonchev–Trinajstić information content (AvgIpc) is 2.87. The predicted molar refractivity (Wildman–Crippen MR) is 72.0 cm³/mol. The molecule has 0 bridgehead atoms. The summed E-state index contributed by atoms with van der Waals surface area (Å²) >= 11 is 1.31. The van der Waals surface area contributed by atoms with Crippen LogP contribution in [0, 0.1) is 5.41 Å². The van der Waals surface area contributed by atoms with E-state index in [-0.39, 0.29) is 5.75 Å².